The summed E-state index contributed by atoms with van der Waals surface area (Å²) in [4.78, 5) is 17.0. The number of fused-ring (bicyclic) bond motifs is 1. The molecule has 0 aliphatic heterocycles. The third kappa shape index (κ3) is 4.02. The van der Waals surface area contributed by atoms with Gasteiger partial charge in [0, 0.05) is 24.3 Å². The Balaban J connectivity index is 1.79. The zero-order chi connectivity index (χ0) is 19.8. The number of hydrogen-bond acceptors (Lipinski definition) is 5. The van der Waals surface area contributed by atoms with Crippen LogP contribution in [0, 0.1) is 6.92 Å². The van der Waals surface area contributed by atoms with Crippen LogP contribution >= 0.6 is 11.3 Å². The number of anilines is 1. The minimum atomic E-state index is -3.57. The van der Waals surface area contributed by atoms with Gasteiger partial charge in [-0.15, -0.1) is 11.3 Å². The largest absolute Gasteiger partial charge is 0.322 e. The number of nitrogens with one attached hydrogen (secondary N) is 1. The molecule has 27 heavy (non-hydrogen) atoms. The monoisotopic (exact) mass is 403 g/mol. The van der Waals surface area contributed by atoms with Gasteiger partial charge < -0.3 is 5.32 Å². The lowest BCUT2D eigenvalue weighted by molar-refractivity contribution is 0.102. The Labute approximate surface area is 162 Å². The predicted molar refractivity (Wildman–Crippen MR) is 109 cm³/mol. The van der Waals surface area contributed by atoms with E-state index >= 15 is 0 Å². The minimum absolute atomic E-state index is 0.150. The molecule has 0 fully saturated rings. The van der Waals surface area contributed by atoms with Crippen molar-refractivity contribution >= 4 is 43.2 Å². The molecule has 0 saturated carbocycles. The van der Waals surface area contributed by atoms with Crippen LogP contribution in [0.2, 0.25) is 0 Å². The fourth-order valence-corrected chi connectivity index (χ4v) is 4.78. The van der Waals surface area contributed by atoms with Crippen LogP contribution in [0.25, 0.3) is 10.2 Å². The van der Waals surface area contributed by atoms with Crippen molar-refractivity contribution in [1.29, 1.82) is 0 Å². The quantitative estimate of drug-likeness (QED) is 0.701. The fourth-order valence-electron chi connectivity index (χ4n) is 2.54. The second-order valence-corrected chi connectivity index (χ2v) is 9.74. The van der Waals surface area contributed by atoms with Crippen molar-refractivity contribution in [2.45, 2.75) is 31.7 Å². The molecule has 6 nitrogen and oxygen atoms in total. The van der Waals surface area contributed by atoms with Crippen LogP contribution in [0.3, 0.4) is 0 Å². The van der Waals surface area contributed by atoms with Gasteiger partial charge in [-0.25, -0.2) is 13.4 Å². The summed E-state index contributed by atoms with van der Waals surface area (Å²) in [6.45, 7) is 5.55. The average molecular weight is 404 g/mol. The zero-order valence-electron chi connectivity index (χ0n) is 15.6. The van der Waals surface area contributed by atoms with Crippen molar-refractivity contribution in [2.24, 2.45) is 0 Å². The molecule has 1 amide bonds. The summed E-state index contributed by atoms with van der Waals surface area (Å²) in [6, 6.07) is 11.4. The Morgan fingerprint density at radius 3 is 2.44 bits per heavy atom. The number of carbonyl (C=O) groups is 1. The van der Waals surface area contributed by atoms with Gasteiger partial charge in [0.25, 0.3) is 5.91 Å². The van der Waals surface area contributed by atoms with Gasteiger partial charge >= 0.3 is 0 Å². The molecule has 0 aliphatic rings. The molecule has 0 radical (unpaired) electrons. The van der Waals surface area contributed by atoms with Crippen LogP contribution in [-0.2, 0) is 10.0 Å². The zero-order valence-corrected chi connectivity index (χ0v) is 17.2. The third-order valence-corrected chi connectivity index (χ3v) is 7.26. The lowest BCUT2D eigenvalue weighted by Gasteiger charge is -2.21. The van der Waals surface area contributed by atoms with E-state index in [0.29, 0.717) is 11.3 Å². The van der Waals surface area contributed by atoms with Crippen LogP contribution in [0.5, 0.6) is 0 Å². The standard InChI is InChI=1S/C19H21N3O3S2/c1-12(2)22(4)27(24,25)16-8-5-14(6-9-16)19(23)21-15-7-10-17-18(11-15)26-13(3)20-17/h5-12H,1-4H3,(H,21,23). The number of sulfonamides is 1. The Morgan fingerprint density at radius 2 is 1.81 bits per heavy atom. The number of benzene rings is 2. The minimum Gasteiger partial charge on any atom is -0.322 e. The van der Waals surface area contributed by atoms with Gasteiger partial charge in [0.1, 0.15) is 0 Å². The molecule has 1 N–H and O–H groups in total. The SMILES string of the molecule is Cc1nc2ccc(NC(=O)c3ccc(S(=O)(=O)N(C)C(C)C)cc3)cc2s1. The summed E-state index contributed by atoms with van der Waals surface area (Å²) in [6.07, 6.45) is 0. The highest BCUT2D eigenvalue weighted by molar-refractivity contribution is 7.89. The van der Waals surface area contributed by atoms with Gasteiger partial charge in [-0.2, -0.15) is 4.31 Å². The maximum atomic E-state index is 12.5. The van der Waals surface area contributed by atoms with Crippen LogP contribution < -0.4 is 5.32 Å². The number of amides is 1. The number of carbonyl (C=O) groups excluding carboxylic acids is 1. The predicted octanol–water partition coefficient (Wildman–Crippen LogP) is 3.89. The fraction of sp³-hybridized carbons (Fsp3) is 0.263. The highest BCUT2D eigenvalue weighted by Gasteiger charge is 2.23. The van der Waals surface area contributed by atoms with Gasteiger partial charge in [-0.05, 0) is 63.2 Å². The highest BCUT2D eigenvalue weighted by atomic mass is 32.2. The Morgan fingerprint density at radius 1 is 1.15 bits per heavy atom. The second kappa shape index (κ2) is 7.38. The summed E-state index contributed by atoms with van der Waals surface area (Å²) in [7, 11) is -2.03. The summed E-state index contributed by atoms with van der Waals surface area (Å²) in [5, 5.41) is 3.81. The molecule has 8 heteroatoms. The van der Waals surface area contributed by atoms with Crippen LogP contribution in [0.4, 0.5) is 5.69 Å². The molecular formula is C19H21N3O3S2. The normalized spacial score (nSPS) is 12.1. The smallest absolute Gasteiger partial charge is 0.255 e. The summed E-state index contributed by atoms with van der Waals surface area (Å²) in [5.41, 5.74) is 1.97. The number of thiazole rings is 1. The third-order valence-electron chi connectivity index (χ3n) is 4.27. The van der Waals surface area contributed by atoms with Crippen molar-refractivity contribution in [3.63, 3.8) is 0 Å². The number of aryl methyl sites for hydroxylation is 1. The first-order valence-electron chi connectivity index (χ1n) is 8.45. The molecule has 0 saturated heterocycles. The number of hydrogen-bond donors (Lipinski definition) is 1. The van der Waals surface area contributed by atoms with E-state index in [1.807, 2.05) is 19.1 Å². The first-order chi connectivity index (χ1) is 12.7. The van der Waals surface area contributed by atoms with Gasteiger partial charge in [0.2, 0.25) is 10.0 Å². The van der Waals surface area contributed by atoms with E-state index in [1.54, 1.807) is 31.3 Å². The Kier molecular flexibility index (Phi) is 5.32. The number of rotatable bonds is 5. The van der Waals surface area contributed by atoms with E-state index in [9.17, 15) is 13.2 Å². The second-order valence-electron chi connectivity index (χ2n) is 6.51. The lowest BCUT2D eigenvalue weighted by Crippen LogP contribution is -2.33. The van der Waals surface area contributed by atoms with Crippen molar-refractivity contribution in [2.75, 3.05) is 12.4 Å². The topological polar surface area (TPSA) is 79.4 Å². The van der Waals surface area contributed by atoms with Gasteiger partial charge in [0.05, 0.1) is 20.1 Å². The van der Waals surface area contributed by atoms with E-state index in [0.717, 1.165) is 15.2 Å². The molecule has 1 heterocycles. The van der Waals surface area contributed by atoms with Gasteiger partial charge in [-0.1, -0.05) is 0 Å². The van der Waals surface area contributed by atoms with E-state index < -0.39 is 10.0 Å². The van der Waals surface area contributed by atoms with E-state index in [-0.39, 0.29) is 16.8 Å². The van der Waals surface area contributed by atoms with Crippen molar-refractivity contribution in [3.05, 3.63) is 53.0 Å². The summed E-state index contributed by atoms with van der Waals surface area (Å²) in [5.74, 6) is -0.295. The first-order valence-corrected chi connectivity index (χ1v) is 10.7. The van der Waals surface area contributed by atoms with Gasteiger partial charge in [0.15, 0.2) is 0 Å². The Bertz CT molecular complexity index is 1090. The molecule has 1 aromatic heterocycles. The molecule has 3 rings (SSSR count). The number of aromatic nitrogens is 1. The molecule has 142 valence electrons. The summed E-state index contributed by atoms with van der Waals surface area (Å²) < 4.78 is 27.3. The maximum Gasteiger partial charge on any atom is 0.255 e. The van der Waals surface area contributed by atoms with E-state index in [1.165, 1.54) is 35.6 Å². The molecule has 3 aromatic rings. The van der Waals surface area contributed by atoms with E-state index in [4.69, 9.17) is 0 Å². The lowest BCUT2D eigenvalue weighted by atomic mass is 10.2. The van der Waals surface area contributed by atoms with E-state index in [2.05, 4.69) is 10.3 Å². The Hall–Kier alpha value is -2.29. The molecular weight excluding hydrogens is 382 g/mol. The summed E-state index contributed by atoms with van der Waals surface area (Å²) >= 11 is 1.57. The van der Waals surface area contributed by atoms with Crippen molar-refractivity contribution in [1.82, 2.24) is 9.29 Å². The molecule has 0 aliphatic carbocycles. The van der Waals surface area contributed by atoms with Crippen molar-refractivity contribution in [3.8, 4) is 0 Å². The van der Waals surface area contributed by atoms with Crippen LogP contribution in [-0.4, -0.2) is 36.7 Å². The van der Waals surface area contributed by atoms with Crippen LogP contribution in [0.1, 0.15) is 29.2 Å². The van der Waals surface area contributed by atoms with Gasteiger partial charge in [-0.3, -0.25) is 4.79 Å². The van der Waals surface area contributed by atoms with Crippen molar-refractivity contribution < 1.29 is 13.2 Å². The highest BCUT2D eigenvalue weighted by Crippen LogP contribution is 2.25. The number of nitrogens with zero attached hydrogens (tertiary/aromatic N) is 2. The molecule has 0 unspecified atom stereocenters. The first kappa shape index (κ1) is 19.5. The molecule has 0 spiro atoms. The molecule has 0 atom stereocenters. The molecule has 2 aromatic carbocycles. The average Bonchev–Trinajstić information content (AvgIpc) is 3.00. The van der Waals surface area contributed by atoms with Crippen LogP contribution in [0.15, 0.2) is 47.4 Å². The maximum absolute atomic E-state index is 12.5. The molecule has 0 bridgehead atoms.